The monoisotopic (exact) mass is 252 g/mol. The van der Waals surface area contributed by atoms with Crippen molar-refractivity contribution in [2.75, 3.05) is 32.7 Å². The van der Waals surface area contributed by atoms with Gasteiger partial charge in [-0.15, -0.1) is 0 Å². The number of rotatable bonds is 6. The molecule has 0 aromatic carbocycles. The van der Waals surface area contributed by atoms with E-state index in [1.807, 2.05) is 0 Å². The standard InChI is InChI=1S/C12H23F3N2/c1-2-16-10-11-4-8-17(9-5-11)7-3-6-12(13,14)15/h11,16H,2-10H2,1H3. The van der Waals surface area contributed by atoms with E-state index in [2.05, 4.69) is 17.1 Å². The summed E-state index contributed by atoms with van der Waals surface area (Å²) in [5, 5.41) is 3.33. The van der Waals surface area contributed by atoms with Crippen LogP contribution in [-0.4, -0.2) is 43.8 Å². The molecule has 0 aromatic heterocycles. The fourth-order valence-electron chi connectivity index (χ4n) is 2.27. The first-order valence-electron chi connectivity index (χ1n) is 6.51. The van der Waals surface area contributed by atoms with E-state index in [0.717, 1.165) is 39.0 Å². The van der Waals surface area contributed by atoms with Crippen LogP contribution < -0.4 is 5.32 Å². The van der Waals surface area contributed by atoms with Gasteiger partial charge in [-0.05, 0) is 57.9 Å². The molecule has 5 heteroatoms. The van der Waals surface area contributed by atoms with E-state index in [9.17, 15) is 13.2 Å². The number of likely N-dealkylation sites (tertiary alicyclic amines) is 1. The van der Waals surface area contributed by atoms with Crippen molar-refractivity contribution in [1.82, 2.24) is 10.2 Å². The average Bonchev–Trinajstić information content (AvgIpc) is 2.26. The van der Waals surface area contributed by atoms with Crippen LogP contribution in [0, 0.1) is 5.92 Å². The van der Waals surface area contributed by atoms with Gasteiger partial charge >= 0.3 is 6.18 Å². The molecule has 0 aromatic rings. The number of halogens is 3. The highest BCUT2D eigenvalue weighted by atomic mass is 19.4. The molecule has 1 fully saturated rings. The van der Waals surface area contributed by atoms with Crippen molar-refractivity contribution in [2.45, 2.75) is 38.8 Å². The van der Waals surface area contributed by atoms with Gasteiger partial charge in [0.15, 0.2) is 0 Å². The molecule has 0 bridgehead atoms. The summed E-state index contributed by atoms with van der Waals surface area (Å²) in [6.07, 6.45) is -2.19. The fourth-order valence-corrected chi connectivity index (χ4v) is 2.27. The Labute approximate surface area is 102 Å². The molecule has 0 amide bonds. The normalized spacial score (nSPS) is 19.8. The second kappa shape index (κ2) is 7.21. The minimum Gasteiger partial charge on any atom is -0.317 e. The first-order valence-corrected chi connectivity index (χ1v) is 6.51. The van der Waals surface area contributed by atoms with Gasteiger partial charge in [-0.2, -0.15) is 13.2 Å². The summed E-state index contributed by atoms with van der Waals surface area (Å²) in [6.45, 7) is 6.63. The third-order valence-corrected chi connectivity index (χ3v) is 3.32. The van der Waals surface area contributed by atoms with E-state index < -0.39 is 12.6 Å². The van der Waals surface area contributed by atoms with Crippen LogP contribution in [0.4, 0.5) is 13.2 Å². The molecule has 0 radical (unpaired) electrons. The van der Waals surface area contributed by atoms with E-state index in [4.69, 9.17) is 0 Å². The lowest BCUT2D eigenvalue weighted by atomic mass is 9.96. The molecule has 0 aliphatic carbocycles. The molecule has 17 heavy (non-hydrogen) atoms. The Bertz CT molecular complexity index is 198. The van der Waals surface area contributed by atoms with E-state index in [1.165, 1.54) is 0 Å². The molecule has 0 spiro atoms. The molecule has 0 saturated carbocycles. The highest BCUT2D eigenvalue weighted by Crippen LogP contribution is 2.22. The Morgan fingerprint density at radius 3 is 2.41 bits per heavy atom. The Kier molecular flexibility index (Phi) is 6.27. The lowest BCUT2D eigenvalue weighted by Crippen LogP contribution is -2.38. The van der Waals surface area contributed by atoms with Crippen LogP contribution in [0.2, 0.25) is 0 Å². The predicted molar refractivity (Wildman–Crippen MR) is 63.0 cm³/mol. The highest BCUT2D eigenvalue weighted by Gasteiger charge is 2.27. The van der Waals surface area contributed by atoms with Gasteiger partial charge in [0.1, 0.15) is 0 Å². The maximum atomic E-state index is 12.0. The van der Waals surface area contributed by atoms with Crippen LogP contribution >= 0.6 is 0 Å². The van der Waals surface area contributed by atoms with Gasteiger partial charge in [0, 0.05) is 6.42 Å². The molecular formula is C12H23F3N2. The van der Waals surface area contributed by atoms with E-state index in [1.54, 1.807) is 0 Å². The quantitative estimate of drug-likeness (QED) is 0.782. The maximum Gasteiger partial charge on any atom is 0.389 e. The van der Waals surface area contributed by atoms with Gasteiger partial charge in [-0.1, -0.05) is 6.92 Å². The van der Waals surface area contributed by atoms with Gasteiger partial charge in [-0.25, -0.2) is 0 Å². The number of nitrogens with one attached hydrogen (secondary N) is 1. The number of alkyl halides is 3. The molecule has 1 rings (SSSR count). The third kappa shape index (κ3) is 6.88. The third-order valence-electron chi connectivity index (χ3n) is 3.32. The summed E-state index contributed by atoms with van der Waals surface area (Å²) >= 11 is 0. The summed E-state index contributed by atoms with van der Waals surface area (Å²) in [5.41, 5.74) is 0. The molecule has 1 N–H and O–H groups in total. The largest absolute Gasteiger partial charge is 0.389 e. The minimum atomic E-state index is -4.00. The van der Waals surface area contributed by atoms with Crippen molar-refractivity contribution >= 4 is 0 Å². The lowest BCUT2D eigenvalue weighted by molar-refractivity contribution is -0.136. The molecular weight excluding hydrogens is 229 g/mol. The summed E-state index contributed by atoms with van der Waals surface area (Å²) in [4.78, 5) is 2.16. The first-order chi connectivity index (χ1) is 8.01. The van der Waals surface area contributed by atoms with Crippen molar-refractivity contribution in [3.63, 3.8) is 0 Å². The number of hydrogen-bond acceptors (Lipinski definition) is 2. The van der Waals surface area contributed by atoms with Crippen LogP contribution in [0.3, 0.4) is 0 Å². The Balaban J connectivity index is 2.07. The smallest absolute Gasteiger partial charge is 0.317 e. The number of nitrogens with zero attached hydrogens (tertiary/aromatic N) is 1. The average molecular weight is 252 g/mol. The predicted octanol–water partition coefficient (Wildman–Crippen LogP) is 2.65. The van der Waals surface area contributed by atoms with E-state index >= 15 is 0 Å². The second-order valence-corrected chi connectivity index (χ2v) is 4.81. The van der Waals surface area contributed by atoms with Crippen LogP contribution in [0.15, 0.2) is 0 Å². The van der Waals surface area contributed by atoms with E-state index in [0.29, 0.717) is 12.5 Å². The van der Waals surface area contributed by atoms with Crippen molar-refractivity contribution in [2.24, 2.45) is 5.92 Å². The number of hydrogen-bond donors (Lipinski definition) is 1. The number of piperidine rings is 1. The Morgan fingerprint density at radius 2 is 1.88 bits per heavy atom. The topological polar surface area (TPSA) is 15.3 Å². The van der Waals surface area contributed by atoms with Crippen molar-refractivity contribution in [3.05, 3.63) is 0 Å². The van der Waals surface area contributed by atoms with Gasteiger partial charge in [0.05, 0.1) is 0 Å². The zero-order valence-electron chi connectivity index (χ0n) is 10.5. The zero-order valence-corrected chi connectivity index (χ0v) is 10.5. The van der Waals surface area contributed by atoms with Crippen LogP contribution in [0.25, 0.3) is 0 Å². The molecule has 0 unspecified atom stereocenters. The van der Waals surface area contributed by atoms with Crippen molar-refractivity contribution < 1.29 is 13.2 Å². The van der Waals surface area contributed by atoms with Crippen LogP contribution in [0.1, 0.15) is 32.6 Å². The summed E-state index contributed by atoms with van der Waals surface area (Å²) in [6, 6.07) is 0. The zero-order chi connectivity index (χ0) is 12.7. The molecule has 0 atom stereocenters. The van der Waals surface area contributed by atoms with Crippen molar-refractivity contribution in [3.8, 4) is 0 Å². The SMILES string of the molecule is CCNCC1CCN(CCCC(F)(F)F)CC1. The molecule has 1 saturated heterocycles. The molecule has 1 aliphatic rings. The van der Waals surface area contributed by atoms with Gasteiger partial charge in [-0.3, -0.25) is 0 Å². The second-order valence-electron chi connectivity index (χ2n) is 4.81. The maximum absolute atomic E-state index is 12.0. The summed E-state index contributed by atoms with van der Waals surface area (Å²) in [5.74, 6) is 0.703. The Morgan fingerprint density at radius 1 is 1.24 bits per heavy atom. The molecule has 1 heterocycles. The van der Waals surface area contributed by atoms with E-state index in [-0.39, 0.29) is 6.42 Å². The highest BCUT2D eigenvalue weighted by molar-refractivity contribution is 4.73. The molecule has 1 aliphatic heterocycles. The summed E-state index contributed by atoms with van der Waals surface area (Å²) in [7, 11) is 0. The first kappa shape index (κ1) is 14.8. The summed E-state index contributed by atoms with van der Waals surface area (Å²) < 4.78 is 36.0. The fraction of sp³-hybridized carbons (Fsp3) is 1.00. The van der Waals surface area contributed by atoms with Crippen LogP contribution in [0.5, 0.6) is 0 Å². The lowest BCUT2D eigenvalue weighted by Gasteiger charge is -2.32. The molecule has 2 nitrogen and oxygen atoms in total. The van der Waals surface area contributed by atoms with Crippen LogP contribution in [-0.2, 0) is 0 Å². The van der Waals surface area contributed by atoms with Gasteiger partial charge in [0.2, 0.25) is 0 Å². The Hall–Kier alpha value is -0.290. The minimum absolute atomic E-state index is 0.237. The van der Waals surface area contributed by atoms with Crippen molar-refractivity contribution in [1.29, 1.82) is 0 Å². The molecule has 102 valence electrons. The van der Waals surface area contributed by atoms with Gasteiger partial charge < -0.3 is 10.2 Å². The van der Waals surface area contributed by atoms with Gasteiger partial charge in [0.25, 0.3) is 0 Å².